The number of halogens is 1. The van der Waals surface area contributed by atoms with Crippen LogP contribution in [0.25, 0.3) is 10.9 Å². The van der Waals surface area contributed by atoms with Gasteiger partial charge in [-0.15, -0.1) is 0 Å². The first-order valence-electron chi connectivity index (χ1n) is 6.68. The molecule has 0 aliphatic carbocycles. The van der Waals surface area contributed by atoms with Gasteiger partial charge in [0.05, 0.1) is 23.9 Å². The summed E-state index contributed by atoms with van der Waals surface area (Å²) in [5, 5.41) is 3.74. The molecular formula is C17H13IN2O2. The fraction of sp³-hybridized carbons (Fsp3) is 0.0588. The van der Waals surface area contributed by atoms with Crippen LogP contribution >= 0.6 is 22.6 Å². The Morgan fingerprint density at radius 1 is 1.14 bits per heavy atom. The van der Waals surface area contributed by atoms with Crippen molar-refractivity contribution in [3.63, 3.8) is 0 Å². The van der Waals surface area contributed by atoms with E-state index in [-0.39, 0.29) is 5.91 Å². The van der Waals surface area contributed by atoms with Gasteiger partial charge in [0, 0.05) is 15.0 Å². The topological polar surface area (TPSA) is 51.2 Å². The average Bonchev–Trinajstić information content (AvgIpc) is 2.55. The summed E-state index contributed by atoms with van der Waals surface area (Å²) in [6, 6.07) is 16.8. The molecule has 1 aromatic heterocycles. The molecule has 0 saturated carbocycles. The van der Waals surface area contributed by atoms with Gasteiger partial charge in [0.2, 0.25) is 5.88 Å². The molecule has 4 nitrogen and oxygen atoms in total. The average molecular weight is 404 g/mol. The molecule has 0 spiro atoms. The second-order valence-corrected chi connectivity index (χ2v) is 5.83. The summed E-state index contributed by atoms with van der Waals surface area (Å²) in [5.74, 6) is 0.243. The molecule has 0 fully saturated rings. The lowest BCUT2D eigenvalue weighted by Gasteiger charge is -2.10. The largest absolute Gasteiger partial charge is 0.481 e. The fourth-order valence-corrected chi connectivity index (χ4v) is 2.72. The molecule has 0 aliphatic heterocycles. The van der Waals surface area contributed by atoms with Crippen molar-refractivity contribution in [2.75, 3.05) is 12.4 Å². The Balaban J connectivity index is 2.05. The van der Waals surface area contributed by atoms with Crippen LogP contribution in [0, 0.1) is 3.57 Å². The van der Waals surface area contributed by atoms with E-state index in [0.717, 1.165) is 20.2 Å². The maximum atomic E-state index is 12.7. The normalized spacial score (nSPS) is 10.5. The SMILES string of the molecule is COc1cc(C(=O)Nc2ccccc2I)c2ccccc2n1. The minimum atomic E-state index is -0.180. The first kappa shape index (κ1) is 14.8. The van der Waals surface area contributed by atoms with E-state index in [0.29, 0.717) is 11.4 Å². The number of carbonyl (C=O) groups is 1. The first-order valence-corrected chi connectivity index (χ1v) is 7.76. The number of pyridine rings is 1. The van der Waals surface area contributed by atoms with Crippen molar-refractivity contribution in [1.29, 1.82) is 0 Å². The molecule has 22 heavy (non-hydrogen) atoms. The van der Waals surface area contributed by atoms with E-state index in [9.17, 15) is 4.79 Å². The van der Waals surface area contributed by atoms with Crippen LogP contribution in [0.1, 0.15) is 10.4 Å². The van der Waals surface area contributed by atoms with Crippen LogP contribution < -0.4 is 10.1 Å². The van der Waals surface area contributed by atoms with Gasteiger partial charge in [0.1, 0.15) is 0 Å². The van der Waals surface area contributed by atoms with E-state index in [2.05, 4.69) is 32.9 Å². The highest BCUT2D eigenvalue weighted by Crippen LogP contribution is 2.24. The van der Waals surface area contributed by atoms with Crippen LogP contribution in [0.3, 0.4) is 0 Å². The molecule has 0 saturated heterocycles. The lowest BCUT2D eigenvalue weighted by atomic mass is 10.1. The van der Waals surface area contributed by atoms with Crippen LogP contribution in [-0.4, -0.2) is 18.0 Å². The van der Waals surface area contributed by atoms with Gasteiger partial charge in [-0.1, -0.05) is 30.3 Å². The monoisotopic (exact) mass is 404 g/mol. The summed E-state index contributed by atoms with van der Waals surface area (Å²) in [6.45, 7) is 0. The second kappa shape index (κ2) is 6.31. The van der Waals surface area contributed by atoms with Crippen molar-refractivity contribution in [2.45, 2.75) is 0 Å². The third-order valence-corrected chi connectivity index (χ3v) is 4.21. The minimum Gasteiger partial charge on any atom is -0.481 e. The molecule has 0 atom stereocenters. The number of amides is 1. The van der Waals surface area contributed by atoms with E-state index < -0.39 is 0 Å². The summed E-state index contributed by atoms with van der Waals surface area (Å²) in [6.07, 6.45) is 0. The smallest absolute Gasteiger partial charge is 0.256 e. The molecule has 2 aromatic carbocycles. The number of carbonyl (C=O) groups excluding carboxylic acids is 1. The van der Waals surface area contributed by atoms with Gasteiger partial charge in [-0.2, -0.15) is 0 Å². The fourth-order valence-electron chi connectivity index (χ4n) is 2.20. The predicted octanol–water partition coefficient (Wildman–Crippen LogP) is 4.10. The molecule has 0 radical (unpaired) electrons. The number of hydrogen-bond donors (Lipinski definition) is 1. The van der Waals surface area contributed by atoms with Crippen molar-refractivity contribution < 1.29 is 9.53 Å². The summed E-state index contributed by atoms with van der Waals surface area (Å²) in [4.78, 5) is 17.0. The number of benzene rings is 2. The summed E-state index contributed by atoms with van der Waals surface area (Å²) in [5.41, 5.74) is 2.06. The quantitative estimate of drug-likeness (QED) is 0.669. The Morgan fingerprint density at radius 2 is 1.86 bits per heavy atom. The molecular weight excluding hydrogens is 391 g/mol. The van der Waals surface area contributed by atoms with Crippen LogP contribution in [0.15, 0.2) is 54.6 Å². The minimum absolute atomic E-state index is 0.180. The number of anilines is 1. The maximum Gasteiger partial charge on any atom is 0.256 e. The molecule has 0 unspecified atom stereocenters. The van der Waals surface area contributed by atoms with E-state index in [4.69, 9.17) is 4.74 Å². The van der Waals surface area contributed by atoms with E-state index >= 15 is 0 Å². The highest BCUT2D eigenvalue weighted by molar-refractivity contribution is 14.1. The molecule has 0 bridgehead atoms. The van der Waals surface area contributed by atoms with Gasteiger partial charge in [-0.25, -0.2) is 4.98 Å². The highest BCUT2D eigenvalue weighted by Gasteiger charge is 2.14. The van der Waals surface area contributed by atoms with E-state index in [1.165, 1.54) is 0 Å². The van der Waals surface area contributed by atoms with Crippen molar-refractivity contribution in [3.8, 4) is 5.88 Å². The Bertz CT molecular complexity index is 849. The molecule has 5 heteroatoms. The van der Waals surface area contributed by atoms with Gasteiger partial charge in [0.25, 0.3) is 5.91 Å². The Hall–Kier alpha value is -2.15. The van der Waals surface area contributed by atoms with Crippen molar-refractivity contribution in [3.05, 3.63) is 63.7 Å². The zero-order valence-corrected chi connectivity index (χ0v) is 14.0. The summed E-state index contributed by atoms with van der Waals surface area (Å²) in [7, 11) is 1.54. The number of rotatable bonds is 3. The molecule has 1 heterocycles. The number of fused-ring (bicyclic) bond motifs is 1. The van der Waals surface area contributed by atoms with E-state index in [1.807, 2.05) is 48.5 Å². The molecule has 0 aliphatic rings. The van der Waals surface area contributed by atoms with Gasteiger partial charge in [0.15, 0.2) is 0 Å². The number of hydrogen-bond acceptors (Lipinski definition) is 3. The van der Waals surface area contributed by atoms with Crippen molar-refractivity contribution in [1.82, 2.24) is 4.98 Å². The number of para-hydroxylation sites is 2. The molecule has 1 amide bonds. The van der Waals surface area contributed by atoms with Gasteiger partial charge >= 0.3 is 0 Å². The first-order chi connectivity index (χ1) is 10.7. The number of ether oxygens (including phenoxy) is 1. The third-order valence-electron chi connectivity index (χ3n) is 3.27. The molecule has 3 aromatic rings. The molecule has 1 N–H and O–H groups in total. The number of aromatic nitrogens is 1. The maximum absolute atomic E-state index is 12.7. The zero-order chi connectivity index (χ0) is 15.5. The van der Waals surface area contributed by atoms with Crippen LogP contribution in [-0.2, 0) is 0 Å². The van der Waals surface area contributed by atoms with Crippen molar-refractivity contribution >= 4 is 45.1 Å². The van der Waals surface area contributed by atoms with Crippen LogP contribution in [0.5, 0.6) is 5.88 Å². The van der Waals surface area contributed by atoms with Crippen LogP contribution in [0.2, 0.25) is 0 Å². The number of nitrogens with zero attached hydrogens (tertiary/aromatic N) is 1. The van der Waals surface area contributed by atoms with E-state index in [1.54, 1.807) is 13.2 Å². The predicted molar refractivity (Wildman–Crippen MR) is 95.4 cm³/mol. The standard InChI is InChI=1S/C17H13IN2O2/c1-22-16-10-12(11-6-2-4-8-14(11)19-16)17(21)20-15-9-5-3-7-13(15)18/h2-10H,1H3,(H,20,21). The molecule has 110 valence electrons. The lowest BCUT2D eigenvalue weighted by Crippen LogP contribution is -2.13. The van der Waals surface area contributed by atoms with Crippen LogP contribution in [0.4, 0.5) is 5.69 Å². The highest BCUT2D eigenvalue weighted by atomic mass is 127. The molecule has 3 rings (SSSR count). The zero-order valence-electron chi connectivity index (χ0n) is 11.8. The van der Waals surface area contributed by atoms with Crippen molar-refractivity contribution in [2.24, 2.45) is 0 Å². The Kier molecular flexibility index (Phi) is 4.24. The Morgan fingerprint density at radius 3 is 2.64 bits per heavy atom. The van der Waals surface area contributed by atoms with Gasteiger partial charge in [-0.3, -0.25) is 4.79 Å². The van der Waals surface area contributed by atoms with Gasteiger partial charge in [-0.05, 0) is 40.8 Å². The second-order valence-electron chi connectivity index (χ2n) is 4.66. The Labute approximate surface area is 141 Å². The number of methoxy groups -OCH3 is 1. The lowest BCUT2D eigenvalue weighted by molar-refractivity contribution is 0.102. The number of nitrogens with one attached hydrogen (secondary N) is 1. The third kappa shape index (κ3) is 2.89. The summed E-state index contributed by atoms with van der Waals surface area (Å²) < 4.78 is 6.18. The van der Waals surface area contributed by atoms with Gasteiger partial charge < -0.3 is 10.1 Å². The summed E-state index contributed by atoms with van der Waals surface area (Å²) >= 11 is 2.19.